The Morgan fingerprint density at radius 3 is 2.44 bits per heavy atom. The number of benzene rings is 3. The zero-order valence-corrected chi connectivity index (χ0v) is 14.1. The first kappa shape index (κ1) is 15.3. The van der Waals surface area contributed by atoms with Crippen LogP contribution in [0.3, 0.4) is 0 Å². The number of phenolic OH excluding ortho intramolecular Hbond substituents is 1. The standard InChI is InChI=1S/C22H20N2O/c1-24(17-9-3-2-4-10-17)22(16-8-7-11-18(25)14-16)20-15-23-21-13-6-5-12-19(20)21/h2-15,22-23,25H,1H3. The Bertz CT molecular complexity index is 991. The summed E-state index contributed by atoms with van der Waals surface area (Å²) in [6.45, 7) is 0. The first-order chi connectivity index (χ1) is 12.2. The van der Waals surface area contributed by atoms with Crippen LogP contribution in [0.4, 0.5) is 5.69 Å². The van der Waals surface area contributed by atoms with Crippen LogP contribution in [0, 0.1) is 0 Å². The van der Waals surface area contributed by atoms with Gasteiger partial charge in [0.25, 0.3) is 0 Å². The molecule has 25 heavy (non-hydrogen) atoms. The second kappa shape index (κ2) is 6.36. The summed E-state index contributed by atoms with van der Waals surface area (Å²) in [6.07, 6.45) is 2.07. The van der Waals surface area contributed by atoms with E-state index < -0.39 is 0 Å². The first-order valence-corrected chi connectivity index (χ1v) is 8.37. The van der Waals surface area contributed by atoms with Gasteiger partial charge in [0.2, 0.25) is 0 Å². The molecular formula is C22H20N2O. The lowest BCUT2D eigenvalue weighted by Crippen LogP contribution is -2.25. The molecule has 0 bridgehead atoms. The summed E-state index contributed by atoms with van der Waals surface area (Å²) in [4.78, 5) is 5.61. The molecule has 0 aliphatic carbocycles. The van der Waals surface area contributed by atoms with Crippen LogP contribution in [0.5, 0.6) is 5.75 Å². The summed E-state index contributed by atoms with van der Waals surface area (Å²) >= 11 is 0. The van der Waals surface area contributed by atoms with Gasteiger partial charge in [-0.05, 0) is 35.9 Å². The average Bonchev–Trinajstić information content (AvgIpc) is 3.07. The number of phenols is 1. The normalized spacial score (nSPS) is 12.2. The number of nitrogens with zero attached hydrogens (tertiary/aromatic N) is 1. The Kier molecular flexibility index (Phi) is 3.90. The lowest BCUT2D eigenvalue weighted by atomic mass is 9.96. The van der Waals surface area contributed by atoms with Gasteiger partial charge < -0.3 is 15.0 Å². The van der Waals surface area contributed by atoms with Crippen molar-refractivity contribution in [3.63, 3.8) is 0 Å². The van der Waals surface area contributed by atoms with Crippen molar-refractivity contribution in [3.05, 3.63) is 96.2 Å². The van der Waals surface area contributed by atoms with Crippen LogP contribution in [0.2, 0.25) is 0 Å². The van der Waals surface area contributed by atoms with E-state index in [0.717, 1.165) is 16.8 Å². The van der Waals surface area contributed by atoms with Crippen LogP contribution in [0.25, 0.3) is 10.9 Å². The highest BCUT2D eigenvalue weighted by Crippen LogP contribution is 2.36. The second-order valence-electron chi connectivity index (χ2n) is 6.23. The summed E-state index contributed by atoms with van der Waals surface area (Å²) in [5.41, 5.74) is 4.48. The molecule has 4 aromatic rings. The number of H-pyrrole nitrogens is 1. The Hall–Kier alpha value is -3.20. The zero-order chi connectivity index (χ0) is 17.2. The van der Waals surface area contributed by atoms with Crippen LogP contribution < -0.4 is 4.90 Å². The van der Waals surface area contributed by atoms with Crippen molar-refractivity contribution in [1.29, 1.82) is 0 Å². The highest BCUT2D eigenvalue weighted by molar-refractivity contribution is 5.84. The molecule has 1 aromatic heterocycles. The number of aromatic hydroxyl groups is 1. The molecule has 0 amide bonds. The first-order valence-electron chi connectivity index (χ1n) is 8.37. The molecular weight excluding hydrogens is 308 g/mol. The third kappa shape index (κ3) is 2.85. The van der Waals surface area contributed by atoms with Gasteiger partial charge >= 0.3 is 0 Å². The molecule has 1 unspecified atom stereocenters. The fraction of sp³-hybridized carbons (Fsp3) is 0.0909. The van der Waals surface area contributed by atoms with E-state index >= 15 is 0 Å². The molecule has 3 nitrogen and oxygen atoms in total. The summed E-state index contributed by atoms with van der Waals surface area (Å²) < 4.78 is 0. The number of aromatic amines is 1. The van der Waals surface area contributed by atoms with Crippen molar-refractivity contribution in [2.24, 2.45) is 0 Å². The van der Waals surface area contributed by atoms with Crippen molar-refractivity contribution in [2.75, 3.05) is 11.9 Å². The summed E-state index contributed by atoms with van der Waals surface area (Å²) in [5, 5.41) is 11.2. The summed E-state index contributed by atoms with van der Waals surface area (Å²) in [7, 11) is 2.09. The molecule has 0 fully saturated rings. The average molecular weight is 328 g/mol. The van der Waals surface area contributed by atoms with Crippen molar-refractivity contribution in [2.45, 2.75) is 6.04 Å². The van der Waals surface area contributed by atoms with Gasteiger partial charge in [0.1, 0.15) is 5.75 Å². The number of anilines is 1. The molecule has 0 radical (unpaired) electrons. The van der Waals surface area contributed by atoms with Crippen molar-refractivity contribution >= 4 is 16.6 Å². The SMILES string of the molecule is CN(c1ccccc1)C(c1cccc(O)c1)c1c[nH]c2ccccc12. The highest BCUT2D eigenvalue weighted by Gasteiger charge is 2.23. The molecule has 1 heterocycles. The van der Waals surface area contributed by atoms with Gasteiger partial charge in [-0.2, -0.15) is 0 Å². The van der Waals surface area contributed by atoms with Crippen LogP contribution in [0.1, 0.15) is 17.2 Å². The van der Waals surface area contributed by atoms with Crippen LogP contribution in [-0.2, 0) is 0 Å². The van der Waals surface area contributed by atoms with Gasteiger partial charge in [0.15, 0.2) is 0 Å². The Morgan fingerprint density at radius 2 is 1.64 bits per heavy atom. The van der Waals surface area contributed by atoms with Gasteiger partial charge in [-0.1, -0.05) is 48.5 Å². The molecule has 2 N–H and O–H groups in total. The van der Waals surface area contributed by atoms with E-state index in [2.05, 4.69) is 59.5 Å². The molecule has 0 spiro atoms. The van der Waals surface area contributed by atoms with E-state index in [-0.39, 0.29) is 11.8 Å². The minimum atomic E-state index is -0.00866. The lowest BCUT2D eigenvalue weighted by Gasteiger charge is -2.30. The van der Waals surface area contributed by atoms with Gasteiger partial charge in [-0.25, -0.2) is 0 Å². The minimum absolute atomic E-state index is 0.00866. The number of aromatic nitrogens is 1. The Labute approximate surface area is 147 Å². The summed E-state index contributed by atoms with van der Waals surface area (Å²) in [6, 6.07) is 26.1. The molecule has 124 valence electrons. The summed E-state index contributed by atoms with van der Waals surface area (Å²) in [5.74, 6) is 0.281. The fourth-order valence-corrected chi connectivity index (χ4v) is 3.44. The lowest BCUT2D eigenvalue weighted by molar-refractivity contribution is 0.474. The Balaban J connectivity index is 1.90. The Morgan fingerprint density at radius 1 is 0.880 bits per heavy atom. The van der Waals surface area contributed by atoms with Gasteiger partial charge in [0.05, 0.1) is 6.04 Å². The molecule has 0 saturated carbocycles. The maximum Gasteiger partial charge on any atom is 0.115 e. The van der Waals surface area contributed by atoms with E-state index in [0.29, 0.717) is 0 Å². The molecule has 0 saturated heterocycles. The van der Waals surface area contributed by atoms with E-state index in [9.17, 15) is 5.11 Å². The highest BCUT2D eigenvalue weighted by atomic mass is 16.3. The minimum Gasteiger partial charge on any atom is -0.508 e. The van der Waals surface area contributed by atoms with Crippen LogP contribution in [-0.4, -0.2) is 17.1 Å². The number of hydrogen-bond donors (Lipinski definition) is 2. The van der Waals surface area contributed by atoms with E-state index in [1.807, 2.05) is 36.4 Å². The predicted molar refractivity (Wildman–Crippen MR) is 103 cm³/mol. The third-order valence-electron chi connectivity index (χ3n) is 4.65. The fourth-order valence-electron chi connectivity index (χ4n) is 3.44. The topological polar surface area (TPSA) is 39.3 Å². The third-order valence-corrected chi connectivity index (χ3v) is 4.65. The predicted octanol–water partition coefficient (Wildman–Crippen LogP) is 5.10. The van der Waals surface area contributed by atoms with Crippen molar-refractivity contribution in [1.82, 2.24) is 4.98 Å². The molecule has 0 aliphatic rings. The number of rotatable bonds is 4. The maximum atomic E-state index is 10.00. The zero-order valence-electron chi connectivity index (χ0n) is 14.1. The van der Waals surface area contributed by atoms with Gasteiger partial charge in [0, 0.05) is 35.4 Å². The number of hydrogen-bond acceptors (Lipinski definition) is 2. The van der Waals surface area contributed by atoms with Crippen molar-refractivity contribution in [3.8, 4) is 5.75 Å². The monoisotopic (exact) mass is 328 g/mol. The van der Waals surface area contributed by atoms with Gasteiger partial charge in [-0.3, -0.25) is 0 Å². The molecule has 3 aromatic carbocycles. The quantitative estimate of drug-likeness (QED) is 0.547. The number of para-hydroxylation sites is 2. The van der Waals surface area contributed by atoms with E-state index in [1.165, 1.54) is 10.9 Å². The van der Waals surface area contributed by atoms with Crippen LogP contribution in [0.15, 0.2) is 85.1 Å². The molecule has 3 heteroatoms. The van der Waals surface area contributed by atoms with Crippen LogP contribution >= 0.6 is 0 Å². The number of nitrogens with one attached hydrogen (secondary N) is 1. The molecule has 1 atom stereocenters. The number of fused-ring (bicyclic) bond motifs is 1. The van der Waals surface area contributed by atoms with E-state index in [4.69, 9.17) is 0 Å². The second-order valence-corrected chi connectivity index (χ2v) is 6.23. The maximum absolute atomic E-state index is 10.00. The van der Waals surface area contributed by atoms with E-state index in [1.54, 1.807) is 6.07 Å². The molecule has 0 aliphatic heterocycles. The van der Waals surface area contributed by atoms with Gasteiger partial charge in [-0.15, -0.1) is 0 Å². The smallest absolute Gasteiger partial charge is 0.115 e. The molecule has 4 rings (SSSR count). The van der Waals surface area contributed by atoms with Crippen molar-refractivity contribution < 1.29 is 5.11 Å². The largest absolute Gasteiger partial charge is 0.508 e.